The Morgan fingerprint density at radius 2 is 1.79 bits per heavy atom. The van der Waals surface area contributed by atoms with Gasteiger partial charge in [-0.05, 0) is 47.2 Å². The van der Waals surface area contributed by atoms with Crippen molar-refractivity contribution >= 4 is 17.2 Å². The van der Waals surface area contributed by atoms with Crippen LogP contribution in [0.25, 0.3) is 0 Å². The number of benzene rings is 2. The standard InChI is InChI=1S/C23H21N3OS/c27-23(20-11-9-19(10-12-20)17-26-14-5-13-24-26)25-21(22-8-4-15-28-22)16-18-6-2-1-3-7-18/h1-15,21H,16-17H2,(H,25,27). The molecule has 28 heavy (non-hydrogen) atoms. The summed E-state index contributed by atoms with van der Waals surface area (Å²) in [5, 5.41) is 9.46. The topological polar surface area (TPSA) is 46.9 Å². The number of hydrogen-bond donors (Lipinski definition) is 1. The Morgan fingerprint density at radius 1 is 0.964 bits per heavy atom. The third-order valence-electron chi connectivity index (χ3n) is 4.59. The summed E-state index contributed by atoms with van der Waals surface area (Å²) in [5.41, 5.74) is 2.98. The summed E-state index contributed by atoms with van der Waals surface area (Å²) in [4.78, 5) is 14.0. The number of nitrogens with one attached hydrogen (secondary N) is 1. The molecule has 1 unspecified atom stereocenters. The van der Waals surface area contributed by atoms with Crippen LogP contribution in [0.2, 0.25) is 0 Å². The van der Waals surface area contributed by atoms with Crippen LogP contribution in [0.4, 0.5) is 0 Å². The number of carbonyl (C=O) groups excluding carboxylic acids is 1. The van der Waals surface area contributed by atoms with Gasteiger partial charge in [0, 0.05) is 22.8 Å². The maximum atomic E-state index is 12.8. The van der Waals surface area contributed by atoms with Crippen LogP contribution in [0.1, 0.15) is 32.4 Å². The van der Waals surface area contributed by atoms with E-state index in [1.165, 1.54) is 5.56 Å². The number of carbonyl (C=O) groups is 1. The van der Waals surface area contributed by atoms with Crippen molar-refractivity contribution in [2.75, 3.05) is 0 Å². The zero-order chi connectivity index (χ0) is 19.2. The highest BCUT2D eigenvalue weighted by molar-refractivity contribution is 7.10. The number of thiophene rings is 1. The van der Waals surface area contributed by atoms with Crippen LogP contribution in [0, 0.1) is 0 Å². The highest BCUT2D eigenvalue weighted by Crippen LogP contribution is 2.23. The van der Waals surface area contributed by atoms with Crippen molar-refractivity contribution in [1.82, 2.24) is 15.1 Å². The quantitative estimate of drug-likeness (QED) is 0.499. The maximum absolute atomic E-state index is 12.8. The number of aromatic nitrogens is 2. The minimum atomic E-state index is -0.0556. The van der Waals surface area contributed by atoms with Gasteiger partial charge in [-0.15, -0.1) is 11.3 Å². The molecular formula is C23H21N3OS. The van der Waals surface area contributed by atoms with Gasteiger partial charge < -0.3 is 5.32 Å². The Labute approximate surface area is 168 Å². The van der Waals surface area contributed by atoms with Gasteiger partial charge in [0.25, 0.3) is 5.91 Å². The predicted molar refractivity (Wildman–Crippen MR) is 112 cm³/mol. The normalized spacial score (nSPS) is 11.9. The van der Waals surface area contributed by atoms with Crippen molar-refractivity contribution in [1.29, 1.82) is 0 Å². The molecule has 0 fully saturated rings. The fourth-order valence-corrected chi connectivity index (χ4v) is 3.92. The molecule has 4 rings (SSSR count). The molecule has 1 atom stereocenters. The second-order valence-electron chi connectivity index (χ2n) is 6.63. The first-order chi connectivity index (χ1) is 13.8. The molecular weight excluding hydrogens is 366 g/mol. The molecule has 2 aromatic carbocycles. The van der Waals surface area contributed by atoms with Crippen molar-refractivity contribution < 1.29 is 4.79 Å². The van der Waals surface area contributed by atoms with Crippen LogP contribution in [-0.2, 0) is 13.0 Å². The van der Waals surface area contributed by atoms with Crippen molar-refractivity contribution in [3.63, 3.8) is 0 Å². The van der Waals surface area contributed by atoms with Gasteiger partial charge in [0.2, 0.25) is 0 Å². The zero-order valence-electron chi connectivity index (χ0n) is 15.4. The average molecular weight is 388 g/mol. The maximum Gasteiger partial charge on any atom is 0.251 e. The van der Waals surface area contributed by atoms with Crippen LogP contribution in [0.15, 0.2) is 90.6 Å². The number of nitrogens with zero attached hydrogens (tertiary/aromatic N) is 2. The summed E-state index contributed by atoms with van der Waals surface area (Å²) in [6, 6.07) is 23.9. The van der Waals surface area contributed by atoms with E-state index in [9.17, 15) is 4.79 Å². The molecule has 5 heteroatoms. The second-order valence-corrected chi connectivity index (χ2v) is 7.61. The molecule has 1 N–H and O–H groups in total. The Morgan fingerprint density at radius 3 is 2.46 bits per heavy atom. The SMILES string of the molecule is O=C(NC(Cc1ccccc1)c1cccs1)c1ccc(Cn2cccn2)cc1. The van der Waals surface area contributed by atoms with E-state index in [2.05, 4.69) is 28.6 Å². The molecule has 2 aromatic heterocycles. The Bertz CT molecular complexity index is 994. The highest BCUT2D eigenvalue weighted by Gasteiger charge is 2.17. The number of rotatable bonds is 7. The summed E-state index contributed by atoms with van der Waals surface area (Å²) >= 11 is 1.67. The first-order valence-corrected chi connectivity index (χ1v) is 10.1. The summed E-state index contributed by atoms with van der Waals surface area (Å²) < 4.78 is 1.86. The molecule has 4 nitrogen and oxygen atoms in total. The molecule has 0 saturated carbocycles. The van der Waals surface area contributed by atoms with E-state index in [0.29, 0.717) is 12.1 Å². The molecule has 0 aliphatic carbocycles. The lowest BCUT2D eigenvalue weighted by Gasteiger charge is -2.18. The van der Waals surface area contributed by atoms with Crippen LogP contribution in [-0.4, -0.2) is 15.7 Å². The highest BCUT2D eigenvalue weighted by atomic mass is 32.1. The third kappa shape index (κ3) is 4.56. The van der Waals surface area contributed by atoms with Gasteiger partial charge >= 0.3 is 0 Å². The first kappa shape index (κ1) is 18.2. The Hall–Kier alpha value is -3.18. The zero-order valence-corrected chi connectivity index (χ0v) is 16.2. The number of hydrogen-bond acceptors (Lipinski definition) is 3. The van der Waals surface area contributed by atoms with Crippen molar-refractivity contribution in [3.05, 3.63) is 112 Å². The van der Waals surface area contributed by atoms with Crippen molar-refractivity contribution in [3.8, 4) is 0 Å². The fraction of sp³-hybridized carbons (Fsp3) is 0.130. The smallest absolute Gasteiger partial charge is 0.251 e. The molecule has 0 aliphatic rings. The first-order valence-electron chi connectivity index (χ1n) is 9.22. The van der Waals surface area contributed by atoms with Gasteiger partial charge in [-0.25, -0.2) is 0 Å². The molecule has 0 aliphatic heterocycles. The summed E-state index contributed by atoms with van der Waals surface area (Å²) in [6.45, 7) is 0.695. The van der Waals surface area contributed by atoms with Crippen LogP contribution in [0.5, 0.6) is 0 Å². The lowest BCUT2D eigenvalue weighted by Crippen LogP contribution is -2.29. The lowest BCUT2D eigenvalue weighted by atomic mass is 10.0. The molecule has 1 amide bonds. The van der Waals surface area contributed by atoms with Crippen molar-refractivity contribution in [2.45, 2.75) is 19.0 Å². The third-order valence-corrected chi connectivity index (χ3v) is 5.58. The van der Waals surface area contributed by atoms with Gasteiger partial charge in [-0.1, -0.05) is 48.5 Å². The molecule has 140 valence electrons. The summed E-state index contributed by atoms with van der Waals surface area (Å²) in [5.74, 6) is -0.0556. The lowest BCUT2D eigenvalue weighted by molar-refractivity contribution is 0.0937. The van der Waals surface area contributed by atoms with Crippen LogP contribution >= 0.6 is 11.3 Å². The van der Waals surface area contributed by atoms with Crippen molar-refractivity contribution in [2.24, 2.45) is 0 Å². The van der Waals surface area contributed by atoms with E-state index < -0.39 is 0 Å². The minimum Gasteiger partial charge on any atom is -0.344 e. The molecule has 0 spiro atoms. The molecule has 0 bridgehead atoms. The van der Waals surface area contributed by atoms with Crippen LogP contribution in [0.3, 0.4) is 0 Å². The van der Waals surface area contributed by atoms with E-state index in [1.807, 2.05) is 70.9 Å². The monoisotopic (exact) mass is 387 g/mol. The second kappa shape index (κ2) is 8.67. The summed E-state index contributed by atoms with van der Waals surface area (Å²) in [6.07, 6.45) is 4.46. The predicted octanol–water partition coefficient (Wildman–Crippen LogP) is 4.71. The van der Waals surface area contributed by atoms with E-state index in [0.717, 1.165) is 16.9 Å². The van der Waals surface area contributed by atoms with E-state index >= 15 is 0 Å². The Balaban J connectivity index is 1.46. The molecule has 4 aromatic rings. The summed E-state index contributed by atoms with van der Waals surface area (Å²) in [7, 11) is 0. The van der Waals surface area contributed by atoms with E-state index in [4.69, 9.17) is 0 Å². The molecule has 2 heterocycles. The molecule has 0 saturated heterocycles. The molecule has 0 radical (unpaired) electrons. The van der Waals surface area contributed by atoms with Gasteiger partial charge in [0.15, 0.2) is 0 Å². The van der Waals surface area contributed by atoms with Gasteiger partial charge in [-0.2, -0.15) is 5.10 Å². The average Bonchev–Trinajstić information content (AvgIpc) is 3.43. The van der Waals surface area contributed by atoms with Gasteiger partial charge in [0.1, 0.15) is 0 Å². The Kier molecular flexibility index (Phi) is 5.64. The van der Waals surface area contributed by atoms with Crippen LogP contribution < -0.4 is 5.32 Å². The minimum absolute atomic E-state index is 0.0429. The van der Waals surface area contributed by atoms with Gasteiger partial charge in [-0.3, -0.25) is 9.48 Å². The van der Waals surface area contributed by atoms with E-state index in [1.54, 1.807) is 17.5 Å². The largest absolute Gasteiger partial charge is 0.344 e. The van der Waals surface area contributed by atoms with E-state index in [-0.39, 0.29) is 11.9 Å². The van der Waals surface area contributed by atoms with Gasteiger partial charge in [0.05, 0.1) is 12.6 Å². The number of amides is 1. The fourth-order valence-electron chi connectivity index (χ4n) is 3.15.